The van der Waals surface area contributed by atoms with E-state index < -0.39 is 13.0 Å². The van der Waals surface area contributed by atoms with Gasteiger partial charge in [0.05, 0.1) is 0 Å². The summed E-state index contributed by atoms with van der Waals surface area (Å²) in [4.78, 5) is 38.7. The molecule has 0 heterocycles. The van der Waals surface area contributed by atoms with Crippen LogP contribution in [0.2, 0.25) is 0 Å². The van der Waals surface area contributed by atoms with Crippen LogP contribution in [0.3, 0.4) is 0 Å². The second kappa shape index (κ2) is 11.0. The molecule has 0 aromatic carbocycles. The second-order valence-electron chi connectivity index (χ2n) is 2.83. The van der Waals surface area contributed by atoms with Gasteiger partial charge in [0.1, 0.15) is 0 Å². The molecular weight excluding hydrogens is 333 g/mol. The van der Waals surface area contributed by atoms with Gasteiger partial charge in [-0.3, -0.25) is 12.2 Å². The Labute approximate surface area is 112 Å². The average molecular weight is 343 g/mol. The monoisotopic (exact) mass is 344 g/mol. The van der Waals surface area contributed by atoms with E-state index >= 15 is 0 Å². The number of hydrogen-bond donors (Lipinski definition) is 0. The van der Waals surface area contributed by atoms with Gasteiger partial charge < -0.3 is 0 Å². The minimum absolute atomic E-state index is 1.01. The van der Waals surface area contributed by atoms with Gasteiger partial charge >= 0.3 is 50.0 Å². The zero-order valence-corrected chi connectivity index (χ0v) is 11.6. The van der Waals surface area contributed by atoms with Crippen molar-refractivity contribution in [3.63, 3.8) is 0 Å². The maximum Gasteiger partial charge on any atom is -0.109 e. The number of hydrogen-bond acceptors (Lipinski definition) is 4. The Hall–Kier alpha value is -2.10. The largest absolute Gasteiger partial charge is 0.273 e. The molecule has 2 aliphatic rings. The van der Waals surface area contributed by atoms with E-state index in [0.717, 1.165) is 30.7 Å². The summed E-state index contributed by atoms with van der Waals surface area (Å²) < 4.78 is 4.06. The third-order valence-corrected chi connectivity index (χ3v) is 3.73. The molecule has 0 spiro atoms. The van der Waals surface area contributed by atoms with Crippen molar-refractivity contribution >= 4 is 17.9 Å². The van der Waals surface area contributed by atoms with Crippen molar-refractivity contribution in [1.29, 1.82) is 0 Å². The maximum absolute atomic E-state index is 9.68. The van der Waals surface area contributed by atoms with Crippen LogP contribution in [0.4, 0.5) is 0 Å². The van der Waals surface area contributed by atoms with Crippen molar-refractivity contribution in [3.05, 3.63) is 48.6 Å². The summed E-state index contributed by atoms with van der Waals surface area (Å²) in [6.07, 6.45) is 20.0. The van der Waals surface area contributed by atoms with Crippen LogP contribution in [0.1, 0.15) is 12.8 Å². The van der Waals surface area contributed by atoms with Crippen molar-refractivity contribution in [1.82, 2.24) is 0 Å². The quantitative estimate of drug-likeness (QED) is 0.486. The minimum atomic E-state index is -4.22. The van der Waals surface area contributed by atoms with Crippen molar-refractivity contribution in [2.24, 2.45) is 0 Å². The topological polar surface area (TPSA) is 68.3 Å². The molecule has 0 saturated carbocycles. The van der Waals surface area contributed by atoms with E-state index in [4.69, 9.17) is 0 Å². The smallest absolute Gasteiger partial charge is 0.109 e. The molecule has 0 radical (unpaired) electrons. The van der Waals surface area contributed by atoms with Crippen molar-refractivity contribution < 1.29 is 32.1 Å². The molecule has 0 atom stereocenters. The van der Waals surface area contributed by atoms with Crippen molar-refractivity contribution in [3.8, 4) is 0 Å². The molecule has 100 valence electrons. The SMILES string of the molecule is O=[C]=[Ru](=[C]=O)(=[C]=O)=[C]=O.[C-]1=CC=CC1.[C-]1=CC=CC1. The molecule has 2 rings (SSSR count). The van der Waals surface area contributed by atoms with Crippen LogP contribution in [0, 0.1) is 12.2 Å². The fraction of sp³-hybridized carbons (Fsp3) is 0.143. The first-order valence-corrected chi connectivity index (χ1v) is 8.43. The Morgan fingerprint density at radius 3 is 1.16 bits per heavy atom. The number of carbonyl (C=O) groups excluding carboxylic acids is 4. The second-order valence-corrected chi connectivity index (χ2v) is 6.85. The zero-order valence-electron chi connectivity index (χ0n) is 9.86. The number of rotatable bonds is 0. The normalized spacial score (nSPS) is 13.1. The van der Waals surface area contributed by atoms with Crippen molar-refractivity contribution in [2.75, 3.05) is 0 Å². The van der Waals surface area contributed by atoms with E-state index in [9.17, 15) is 19.2 Å². The average Bonchev–Trinajstić information content (AvgIpc) is 3.20. The predicted octanol–water partition coefficient (Wildman–Crippen LogP) is 1.02. The summed E-state index contributed by atoms with van der Waals surface area (Å²) in [5, 5.41) is 0. The van der Waals surface area contributed by atoms with E-state index in [-0.39, 0.29) is 0 Å². The third-order valence-electron chi connectivity index (χ3n) is 1.60. The van der Waals surface area contributed by atoms with Crippen LogP contribution in [-0.2, 0) is 32.1 Å². The molecule has 0 saturated heterocycles. The standard InChI is InChI=1S/2C5H5.4CO.Ru/c2*1-2-4-5-3-1;4*1-2;/h2*1-3H,4H2;;;;;/q2*-1;;;;;. The Bertz CT molecular complexity index is 629. The van der Waals surface area contributed by atoms with Crippen LogP contribution in [0.15, 0.2) is 36.5 Å². The Balaban J connectivity index is 0.000000273. The molecule has 0 bridgehead atoms. The Kier molecular flexibility index (Phi) is 9.80. The first-order valence-electron chi connectivity index (χ1n) is 4.96. The first kappa shape index (κ1) is 16.9. The molecule has 4 nitrogen and oxygen atoms in total. The van der Waals surface area contributed by atoms with Crippen LogP contribution in [0.5, 0.6) is 0 Å². The fourth-order valence-corrected chi connectivity index (χ4v) is 1.20. The molecule has 0 aromatic heterocycles. The van der Waals surface area contributed by atoms with Crippen LogP contribution in [-0.4, -0.2) is 17.9 Å². The molecule has 0 aliphatic heterocycles. The fourth-order valence-electron chi connectivity index (χ4n) is 0.769. The number of allylic oxidation sites excluding steroid dienone is 8. The molecule has 0 unspecified atom stereocenters. The molecular formula is C14H10O4Ru-2. The third kappa shape index (κ3) is 7.76. The van der Waals surface area contributed by atoms with Gasteiger partial charge in [-0.25, -0.2) is 24.3 Å². The first-order chi connectivity index (χ1) is 9.24. The maximum atomic E-state index is 9.68. The van der Waals surface area contributed by atoms with Gasteiger partial charge in [0, 0.05) is 0 Å². The summed E-state index contributed by atoms with van der Waals surface area (Å²) in [5.41, 5.74) is 0. The van der Waals surface area contributed by atoms with Crippen LogP contribution < -0.4 is 0 Å². The zero-order chi connectivity index (χ0) is 14.4. The Morgan fingerprint density at radius 2 is 1.11 bits per heavy atom. The van der Waals surface area contributed by atoms with Crippen molar-refractivity contribution in [2.45, 2.75) is 12.8 Å². The van der Waals surface area contributed by atoms with Gasteiger partial charge in [-0.2, -0.15) is 12.2 Å². The van der Waals surface area contributed by atoms with E-state index in [0.29, 0.717) is 0 Å². The predicted molar refractivity (Wildman–Crippen MR) is 65.9 cm³/mol. The summed E-state index contributed by atoms with van der Waals surface area (Å²) >= 11 is -4.22. The van der Waals surface area contributed by atoms with Gasteiger partial charge in [-0.05, 0) is 0 Å². The van der Waals surface area contributed by atoms with Gasteiger partial charge in [0.15, 0.2) is 0 Å². The van der Waals surface area contributed by atoms with Crippen LogP contribution >= 0.6 is 0 Å². The van der Waals surface area contributed by atoms with E-state index in [1.807, 2.05) is 24.3 Å². The van der Waals surface area contributed by atoms with Gasteiger partial charge in [0.2, 0.25) is 0 Å². The van der Waals surface area contributed by atoms with Gasteiger partial charge in [0.25, 0.3) is 0 Å². The van der Waals surface area contributed by atoms with E-state index in [1.165, 1.54) is 0 Å². The molecule has 2 aliphatic carbocycles. The molecule has 0 amide bonds. The van der Waals surface area contributed by atoms with Gasteiger partial charge in [-0.1, -0.05) is 0 Å². The molecule has 0 N–H and O–H groups in total. The minimum Gasteiger partial charge on any atom is -0.273 e. The molecule has 19 heavy (non-hydrogen) atoms. The summed E-state index contributed by atoms with van der Waals surface area (Å²) in [5.74, 6) is 0. The van der Waals surface area contributed by atoms with Crippen LogP contribution in [0.25, 0.3) is 0 Å². The van der Waals surface area contributed by atoms with E-state index in [2.05, 4.69) is 24.3 Å². The molecule has 5 heteroatoms. The van der Waals surface area contributed by atoms with Gasteiger partial charge in [-0.15, -0.1) is 12.8 Å². The summed E-state index contributed by atoms with van der Waals surface area (Å²) in [6.45, 7) is 0. The Morgan fingerprint density at radius 1 is 0.737 bits per heavy atom. The summed E-state index contributed by atoms with van der Waals surface area (Å²) in [6, 6.07) is 0. The summed E-state index contributed by atoms with van der Waals surface area (Å²) in [7, 11) is 0. The molecule has 0 fully saturated rings. The molecule has 0 aromatic rings. The van der Waals surface area contributed by atoms with E-state index in [1.54, 1.807) is 0 Å².